The van der Waals surface area contributed by atoms with Gasteiger partial charge < -0.3 is 9.47 Å². The highest BCUT2D eigenvalue weighted by molar-refractivity contribution is 5.89. The van der Waals surface area contributed by atoms with E-state index < -0.39 is 31.0 Å². The van der Waals surface area contributed by atoms with Gasteiger partial charge in [-0.25, -0.2) is 13.6 Å². The highest BCUT2D eigenvalue weighted by Crippen LogP contribution is 2.29. The van der Waals surface area contributed by atoms with Gasteiger partial charge in [-0.3, -0.25) is 0 Å². The number of halogens is 2. The molecule has 0 saturated carbocycles. The predicted octanol–water partition coefficient (Wildman–Crippen LogP) is 2.27. The summed E-state index contributed by atoms with van der Waals surface area (Å²) in [6.07, 6.45) is -1.10. The van der Waals surface area contributed by atoms with Crippen molar-refractivity contribution in [3.63, 3.8) is 0 Å². The van der Waals surface area contributed by atoms with Gasteiger partial charge in [-0.1, -0.05) is 18.2 Å². The predicted molar refractivity (Wildman–Crippen MR) is 56.0 cm³/mol. The van der Waals surface area contributed by atoms with Gasteiger partial charge in [-0.05, 0) is 12.1 Å². The van der Waals surface area contributed by atoms with Crippen molar-refractivity contribution in [2.45, 2.75) is 18.4 Å². The van der Waals surface area contributed by atoms with Crippen LogP contribution in [0.15, 0.2) is 30.3 Å². The monoisotopic (exact) mass is 242 g/mol. The Labute approximate surface area is 97.3 Å². The lowest BCUT2D eigenvalue weighted by Crippen LogP contribution is -2.20. The first-order valence-corrected chi connectivity index (χ1v) is 5.28. The summed E-state index contributed by atoms with van der Waals surface area (Å²) in [6.45, 7) is -0.732. The Morgan fingerprint density at radius 3 is 2.71 bits per heavy atom. The minimum absolute atomic E-state index is 0.136. The molecule has 3 nitrogen and oxygen atoms in total. The van der Waals surface area contributed by atoms with Crippen LogP contribution in [0.4, 0.5) is 8.78 Å². The molecule has 1 saturated heterocycles. The minimum atomic E-state index is -2.80. The first-order valence-electron chi connectivity index (χ1n) is 5.28. The second-order valence-corrected chi connectivity index (χ2v) is 3.96. The topological polar surface area (TPSA) is 35.5 Å². The summed E-state index contributed by atoms with van der Waals surface area (Å²) in [6, 6.07) is 8.39. The van der Waals surface area contributed by atoms with Gasteiger partial charge in [0.05, 0.1) is 11.7 Å². The molecule has 1 fully saturated rings. The van der Waals surface area contributed by atoms with Gasteiger partial charge in [-0.2, -0.15) is 0 Å². The molecule has 1 aromatic carbocycles. The molecule has 17 heavy (non-hydrogen) atoms. The number of hydrogen-bond donors (Lipinski definition) is 0. The van der Waals surface area contributed by atoms with Crippen molar-refractivity contribution in [3.8, 4) is 0 Å². The first kappa shape index (κ1) is 12.0. The molecule has 1 atom stereocenters. The number of esters is 1. The van der Waals surface area contributed by atoms with E-state index in [1.807, 2.05) is 0 Å². The van der Waals surface area contributed by atoms with Crippen molar-refractivity contribution in [1.82, 2.24) is 0 Å². The summed E-state index contributed by atoms with van der Waals surface area (Å²) >= 11 is 0. The van der Waals surface area contributed by atoms with Crippen LogP contribution in [0.2, 0.25) is 0 Å². The average Bonchev–Trinajstić information content (AvgIpc) is 2.67. The molecule has 2 rings (SSSR count). The van der Waals surface area contributed by atoms with E-state index in [0.717, 1.165) is 0 Å². The molecule has 1 unspecified atom stereocenters. The second kappa shape index (κ2) is 4.79. The molecule has 1 aliphatic rings. The summed E-state index contributed by atoms with van der Waals surface area (Å²) in [4.78, 5) is 11.5. The van der Waals surface area contributed by atoms with Crippen molar-refractivity contribution in [2.75, 3.05) is 13.2 Å². The van der Waals surface area contributed by atoms with Crippen molar-refractivity contribution < 1.29 is 23.0 Å². The first-order chi connectivity index (χ1) is 8.07. The summed E-state index contributed by atoms with van der Waals surface area (Å²) in [5.74, 6) is -3.33. The third-order valence-corrected chi connectivity index (χ3v) is 2.47. The average molecular weight is 242 g/mol. The molecule has 5 heteroatoms. The van der Waals surface area contributed by atoms with E-state index in [2.05, 4.69) is 0 Å². The fourth-order valence-electron chi connectivity index (χ4n) is 1.62. The summed E-state index contributed by atoms with van der Waals surface area (Å²) in [7, 11) is 0. The molecule has 0 aliphatic carbocycles. The Morgan fingerprint density at radius 2 is 2.12 bits per heavy atom. The molecular weight excluding hydrogens is 230 g/mol. The van der Waals surface area contributed by atoms with Crippen molar-refractivity contribution >= 4 is 5.97 Å². The summed E-state index contributed by atoms with van der Waals surface area (Å²) in [5, 5.41) is 0. The molecule has 0 spiro atoms. The highest BCUT2D eigenvalue weighted by Gasteiger charge is 2.41. The second-order valence-electron chi connectivity index (χ2n) is 3.96. The van der Waals surface area contributed by atoms with Crippen LogP contribution in [0.25, 0.3) is 0 Å². The largest absolute Gasteiger partial charge is 0.459 e. The van der Waals surface area contributed by atoms with Crippen LogP contribution in [-0.2, 0) is 9.47 Å². The van der Waals surface area contributed by atoms with Gasteiger partial charge in [0.15, 0.2) is 0 Å². The SMILES string of the molecule is O=C(OCC1CC(F)(F)CO1)c1ccccc1. The standard InChI is InChI=1S/C12H12F2O3/c13-12(14)6-10(17-8-12)7-16-11(15)9-4-2-1-3-5-9/h1-5,10H,6-8H2. The highest BCUT2D eigenvalue weighted by atomic mass is 19.3. The smallest absolute Gasteiger partial charge is 0.338 e. The quantitative estimate of drug-likeness (QED) is 0.763. The van der Waals surface area contributed by atoms with Gasteiger partial charge in [0, 0.05) is 6.42 Å². The fourth-order valence-corrected chi connectivity index (χ4v) is 1.62. The van der Waals surface area contributed by atoms with Crippen LogP contribution in [0, 0.1) is 0 Å². The van der Waals surface area contributed by atoms with E-state index >= 15 is 0 Å². The summed E-state index contributed by atoms with van der Waals surface area (Å²) in [5.41, 5.74) is 0.400. The number of carbonyl (C=O) groups is 1. The Balaban J connectivity index is 1.82. The lowest BCUT2D eigenvalue weighted by Gasteiger charge is -2.09. The van der Waals surface area contributed by atoms with E-state index in [9.17, 15) is 13.6 Å². The zero-order chi connectivity index (χ0) is 12.3. The normalized spacial score (nSPS) is 22.4. The van der Waals surface area contributed by atoms with Crippen LogP contribution < -0.4 is 0 Å². The van der Waals surface area contributed by atoms with Crippen LogP contribution in [0.3, 0.4) is 0 Å². The maximum atomic E-state index is 12.8. The van der Waals surface area contributed by atoms with Gasteiger partial charge in [0.25, 0.3) is 5.92 Å². The number of benzene rings is 1. The Hall–Kier alpha value is -1.49. The third-order valence-electron chi connectivity index (χ3n) is 2.47. The lowest BCUT2D eigenvalue weighted by molar-refractivity contribution is -0.0142. The van der Waals surface area contributed by atoms with Crippen LogP contribution in [-0.4, -0.2) is 31.2 Å². The maximum absolute atomic E-state index is 12.8. The van der Waals surface area contributed by atoms with Crippen molar-refractivity contribution in [1.29, 1.82) is 0 Å². The lowest BCUT2D eigenvalue weighted by atomic mass is 10.2. The minimum Gasteiger partial charge on any atom is -0.459 e. The van der Waals surface area contributed by atoms with E-state index in [-0.39, 0.29) is 6.61 Å². The molecule has 1 aliphatic heterocycles. The maximum Gasteiger partial charge on any atom is 0.338 e. The van der Waals surface area contributed by atoms with Crippen molar-refractivity contribution in [2.24, 2.45) is 0 Å². The molecule has 0 N–H and O–H groups in total. The van der Waals surface area contributed by atoms with Gasteiger partial charge >= 0.3 is 5.97 Å². The van der Waals surface area contributed by atoms with Gasteiger partial charge in [0.1, 0.15) is 13.2 Å². The number of carbonyl (C=O) groups excluding carboxylic acids is 1. The van der Waals surface area contributed by atoms with Crippen LogP contribution >= 0.6 is 0 Å². The van der Waals surface area contributed by atoms with Crippen LogP contribution in [0.1, 0.15) is 16.8 Å². The number of rotatable bonds is 3. The number of alkyl halides is 2. The van der Waals surface area contributed by atoms with Gasteiger partial charge in [-0.15, -0.1) is 0 Å². The summed E-state index contributed by atoms with van der Waals surface area (Å²) < 4.78 is 35.3. The zero-order valence-corrected chi connectivity index (χ0v) is 9.07. The fraction of sp³-hybridized carbons (Fsp3) is 0.417. The Morgan fingerprint density at radius 1 is 1.41 bits per heavy atom. The molecule has 1 aromatic rings. The Bertz CT molecular complexity index is 392. The zero-order valence-electron chi connectivity index (χ0n) is 9.07. The molecule has 0 aromatic heterocycles. The molecule has 92 valence electrons. The number of ether oxygens (including phenoxy) is 2. The van der Waals surface area contributed by atoms with E-state index in [0.29, 0.717) is 5.56 Å². The van der Waals surface area contributed by atoms with E-state index in [4.69, 9.17) is 9.47 Å². The van der Waals surface area contributed by atoms with Crippen LogP contribution in [0.5, 0.6) is 0 Å². The van der Waals surface area contributed by atoms with Crippen molar-refractivity contribution in [3.05, 3.63) is 35.9 Å². The molecule has 0 amide bonds. The molecule has 0 radical (unpaired) electrons. The molecule has 0 bridgehead atoms. The molecular formula is C12H12F2O3. The molecule has 1 heterocycles. The van der Waals surface area contributed by atoms with E-state index in [1.165, 1.54) is 0 Å². The third kappa shape index (κ3) is 3.23. The van der Waals surface area contributed by atoms with Gasteiger partial charge in [0.2, 0.25) is 0 Å². The number of hydrogen-bond acceptors (Lipinski definition) is 3. The van der Waals surface area contributed by atoms with E-state index in [1.54, 1.807) is 30.3 Å². The Kier molecular flexibility index (Phi) is 3.38.